The quantitative estimate of drug-likeness (QED) is 0.353. The molecule has 1 amide bonds. The van der Waals surface area contributed by atoms with Crippen LogP contribution in [0, 0.1) is 0 Å². The molecule has 0 spiro atoms. The van der Waals surface area contributed by atoms with Crippen molar-refractivity contribution in [3.05, 3.63) is 42.4 Å². The van der Waals surface area contributed by atoms with Gasteiger partial charge in [0, 0.05) is 38.2 Å². The second-order valence-electron chi connectivity index (χ2n) is 7.89. The summed E-state index contributed by atoms with van der Waals surface area (Å²) in [5.41, 5.74) is 0.553. The van der Waals surface area contributed by atoms with E-state index in [0.29, 0.717) is 19.6 Å². The number of carbonyl (C=O) groups is 1. The minimum absolute atomic E-state index is 0. The molecule has 30 heavy (non-hydrogen) atoms. The van der Waals surface area contributed by atoms with Crippen LogP contribution < -0.4 is 10.6 Å². The van der Waals surface area contributed by atoms with E-state index in [1.165, 1.54) is 0 Å². The number of pyridine rings is 1. The molecule has 1 aliphatic rings. The number of ether oxygens (including phenoxy) is 1. The lowest BCUT2D eigenvalue weighted by Gasteiger charge is -2.40. The molecule has 0 radical (unpaired) electrons. The summed E-state index contributed by atoms with van der Waals surface area (Å²) in [6.07, 6.45) is 5.06. The Hall–Kier alpha value is -2.37. The number of rotatable bonds is 5. The molecule has 0 unspecified atom stereocenters. The van der Waals surface area contributed by atoms with Crippen LogP contribution in [-0.4, -0.2) is 63.0 Å². The molecule has 0 aromatic carbocycles. The third kappa shape index (κ3) is 6.85. The van der Waals surface area contributed by atoms with Crippen molar-refractivity contribution < 1.29 is 9.53 Å². The van der Waals surface area contributed by atoms with Gasteiger partial charge in [0.2, 0.25) is 0 Å². The molecule has 9 nitrogen and oxygen atoms in total. The predicted octanol–water partition coefficient (Wildman–Crippen LogP) is 2.56. The summed E-state index contributed by atoms with van der Waals surface area (Å²) in [7, 11) is 0. The van der Waals surface area contributed by atoms with Gasteiger partial charge < -0.3 is 20.3 Å². The summed E-state index contributed by atoms with van der Waals surface area (Å²) in [5.74, 6) is 1.48. The number of aromatic nitrogens is 3. The van der Waals surface area contributed by atoms with Crippen LogP contribution in [0.1, 0.15) is 33.3 Å². The van der Waals surface area contributed by atoms with Crippen LogP contribution in [0.5, 0.6) is 0 Å². The smallest absolute Gasteiger partial charge is 0.410 e. The zero-order valence-corrected chi connectivity index (χ0v) is 20.2. The largest absolute Gasteiger partial charge is 0.444 e. The zero-order valence-electron chi connectivity index (χ0n) is 17.8. The van der Waals surface area contributed by atoms with Crippen molar-refractivity contribution in [3.8, 4) is 5.82 Å². The van der Waals surface area contributed by atoms with Crippen LogP contribution in [0.4, 0.5) is 4.79 Å². The maximum absolute atomic E-state index is 12.1. The van der Waals surface area contributed by atoms with Gasteiger partial charge in [0.15, 0.2) is 11.8 Å². The molecule has 0 aliphatic carbocycles. The van der Waals surface area contributed by atoms with Gasteiger partial charge in [0.05, 0.1) is 12.6 Å². The molecule has 1 fully saturated rings. The molecule has 0 atom stereocenters. The highest BCUT2D eigenvalue weighted by molar-refractivity contribution is 14.0. The SMILES string of the molecule is CCNC(=NCc1ccnc(-n2cccn2)c1)NC1CN(C(=O)OC(C)(C)C)C1.I. The third-order valence-electron chi connectivity index (χ3n) is 4.19. The van der Waals surface area contributed by atoms with Crippen LogP contribution in [0.2, 0.25) is 0 Å². The van der Waals surface area contributed by atoms with E-state index in [1.54, 1.807) is 22.0 Å². The molecule has 0 saturated carbocycles. The van der Waals surface area contributed by atoms with Crippen molar-refractivity contribution in [2.75, 3.05) is 19.6 Å². The first kappa shape index (κ1) is 23.9. The van der Waals surface area contributed by atoms with Gasteiger partial charge in [-0.05, 0) is 51.5 Å². The first-order valence-corrected chi connectivity index (χ1v) is 9.82. The highest BCUT2D eigenvalue weighted by Gasteiger charge is 2.34. The molecular formula is C20H30IN7O2. The number of hydrogen-bond acceptors (Lipinski definition) is 5. The van der Waals surface area contributed by atoms with Crippen molar-refractivity contribution in [3.63, 3.8) is 0 Å². The van der Waals surface area contributed by atoms with Gasteiger partial charge >= 0.3 is 6.09 Å². The van der Waals surface area contributed by atoms with Crippen LogP contribution in [0.15, 0.2) is 41.8 Å². The Morgan fingerprint density at radius 3 is 2.73 bits per heavy atom. The first-order valence-electron chi connectivity index (χ1n) is 9.82. The molecule has 10 heteroatoms. The molecule has 3 rings (SSSR count). The summed E-state index contributed by atoms with van der Waals surface area (Å²) in [6.45, 7) is 10.1. The minimum Gasteiger partial charge on any atom is -0.444 e. The van der Waals surface area contributed by atoms with Gasteiger partial charge in [-0.2, -0.15) is 5.10 Å². The van der Waals surface area contributed by atoms with E-state index in [2.05, 4.69) is 25.7 Å². The van der Waals surface area contributed by atoms with Crippen LogP contribution in [0.25, 0.3) is 5.82 Å². The number of amides is 1. The number of halogens is 1. The van der Waals surface area contributed by atoms with Gasteiger partial charge in [-0.3, -0.25) is 0 Å². The number of guanidine groups is 1. The van der Waals surface area contributed by atoms with E-state index in [9.17, 15) is 4.79 Å². The number of nitrogens with zero attached hydrogens (tertiary/aromatic N) is 5. The second kappa shape index (κ2) is 10.6. The summed E-state index contributed by atoms with van der Waals surface area (Å²) >= 11 is 0. The van der Waals surface area contributed by atoms with Crippen LogP contribution in [-0.2, 0) is 11.3 Å². The van der Waals surface area contributed by atoms with E-state index >= 15 is 0 Å². The summed E-state index contributed by atoms with van der Waals surface area (Å²) < 4.78 is 7.11. The summed E-state index contributed by atoms with van der Waals surface area (Å²) in [4.78, 5) is 22.7. The number of aliphatic imine (C=N–C) groups is 1. The lowest BCUT2D eigenvalue weighted by atomic mass is 10.1. The van der Waals surface area contributed by atoms with E-state index in [4.69, 9.17) is 4.74 Å². The van der Waals surface area contributed by atoms with Gasteiger partial charge in [-0.15, -0.1) is 24.0 Å². The van der Waals surface area contributed by atoms with Gasteiger partial charge in [-0.1, -0.05) is 0 Å². The fraction of sp³-hybridized carbons (Fsp3) is 0.500. The molecule has 164 valence electrons. The van der Waals surface area contributed by atoms with E-state index in [0.717, 1.165) is 23.9 Å². The molecule has 2 N–H and O–H groups in total. The van der Waals surface area contributed by atoms with Crippen LogP contribution >= 0.6 is 24.0 Å². The third-order valence-corrected chi connectivity index (χ3v) is 4.19. The molecule has 0 bridgehead atoms. The zero-order chi connectivity index (χ0) is 20.9. The van der Waals surface area contributed by atoms with Crippen molar-refractivity contribution in [2.45, 2.75) is 45.9 Å². The fourth-order valence-electron chi connectivity index (χ4n) is 2.82. The molecule has 2 aromatic heterocycles. The Kier molecular flexibility index (Phi) is 8.44. The number of hydrogen-bond donors (Lipinski definition) is 2. The average molecular weight is 527 g/mol. The van der Waals surface area contributed by atoms with Gasteiger partial charge in [0.25, 0.3) is 0 Å². The predicted molar refractivity (Wildman–Crippen MR) is 126 cm³/mol. The van der Waals surface area contributed by atoms with Crippen molar-refractivity contribution in [2.24, 2.45) is 4.99 Å². The molecular weight excluding hydrogens is 497 g/mol. The lowest BCUT2D eigenvalue weighted by molar-refractivity contribution is 0.00701. The topological polar surface area (TPSA) is 96.7 Å². The molecule has 3 heterocycles. The Morgan fingerprint density at radius 1 is 1.33 bits per heavy atom. The monoisotopic (exact) mass is 527 g/mol. The summed E-state index contributed by atoms with van der Waals surface area (Å²) in [5, 5.41) is 10.8. The van der Waals surface area contributed by atoms with Crippen LogP contribution in [0.3, 0.4) is 0 Å². The van der Waals surface area contributed by atoms with Crippen molar-refractivity contribution in [1.29, 1.82) is 0 Å². The van der Waals surface area contributed by atoms with Crippen molar-refractivity contribution >= 4 is 36.0 Å². The molecule has 2 aromatic rings. The first-order chi connectivity index (χ1) is 13.8. The second-order valence-corrected chi connectivity index (χ2v) is 7.89. The van der Waals surface area contributed by atoms with Gasteiger partial charge in [-0.25, -0.2) is 19.5 Å². The highest BCUT2D eigenvalue weighted by Crippen LogP contribution is 2.15. The van der Waals surface area contributed by atoms with Crippen molar-refractivity contribution in [1.82, 2.24) is 30.3 Å². The average Bonchev–Trinajstić information content (AvgIpc) is 3.15. The Morgan fingerprint density at radius 2 is 2.10 bits per heavy atom. The number of likely N-dealkylation sites (tertiary alicyclic amines) is 1. The maximum Gasteiger partial charge on any atom is 0.410 e. The maximum atomic E-state index is 12.1. The lowest BCUT2D eigenvalue weighted by Crippen LogP contribution is -2.63. The van der Waals surface area contributed by atoms with Gasteiger partial charge in [0.1, 0.15) is 5.60 Å². The fourth-order valence-corrected chi connectivity index (χ4v) is 2.82. The highest BCUT2D eigenvalue weighted by atomic mass is 127. The Bertz CT molecular complexity index is 843. The minimum atomic E-state index is -0.481. The molecule has 1 aliphatic heterocycles. The Labute approximate surface area is 194 Å². The summed E-state index contributed by atoms with van der Waals surface area (Å²) in [6, 6.07) is 5.91. The number of nitrogens with one attached hydrogen (secondary N) is 2. The molecule has 1 saturated heterocycles. The van der Waals surface area contributed by atoms with E-state index in [1.807, 2.05) is 52.1 Å². The number of carbonyl (C=O) groups excluding carboxylic acids is 1. The Balaban J connectivity index is 0.00000320. The normalized spacial score (nSPS) is 14.5. The standard InChI is InChI=1S/C20H29N7O2.HI/c1-5-21-18(25-16-13-26(14-16)19(28)29-20(2,3)4)23-12-15-7-9-22-17(11-15)27-10-6-8-24-27;/h6-11,16H,5,12-14H2,1-4H3,(H2,21,23,25);1H. The van der Waals surface area contributed by atoms with E-state index < -0.39 is 5.60 Å². The van der Waals surface area contributed by atoms with E-state index in [-0.39, 0.29) is 36.1 Å².